The number of fused-ring (bicyclic) bond motifs is 1. The van der Waals surface area contributed by atoms with E-state index in [-0.39, 0.29) is 12.8 Å². The number of unbranched alkanes of at least 4 members (excludes halogenated alkanes) is 8. The van der Waals surface area contributed by atoms with Crippen molar-refractivity contribution in [3.8, 4) is 29.1 Å². The van der Waals surface area contributed by atoms with Gasteiger partial charge in [0.2, 0.25) is 6.79 Å². The second-order valence-electron chi connectivity index (χ2n) is 10.7. The maximum absolute atomic E-state index is 12.1. The summed E-state index contributed by atoms with van der Waals surface area (Å²) in [4.78, 5) is 12.1. The lowest BCUT2D eigenvalue weighted by Gasteiger charge is -2.11. The Morgan fingerprint density at radius 1 is 0.795 bits per heavy atom. The molecule has 0 bridgehead atoms. The van der Waals surface area contributed by atoms with E-state index in [4.69, 9.17) is 35.2 Å². The number of ether oxygens (including phenoxy) is 5. The molecular weight excluding hydrogens is 558 g/mol. The SMILES string of the molecule is COc1cc(/C=C(\C#N)c2ccc3c(c2)OCO3)ccc1OCCCCCCCCCCCOC(=O)c1cc(N)cc(N)c1. The predicted octanol–water partition coefficient (Wildman–Crippen LogP) is 7.40. The van der Waals surface area contributed by atoms with Crippen LogP contribution < -0.4 is 30.4 Å². The van der Waals surface area contributed by atoms with Gasteiger partial charge in [-0.3, -0.25) is 0 Å². The number of carbonyl (C=O) groups excluding carboxylic acids is 1. The number of anilines is 2. The van der Waals surface area contributed by atoms with Crippen LogP contribution in [0.4, 0.5) is 11.4 Å². The summed E-state index contributed by atoms with van der Waals surface area (Å²) >= 11 is 0. The first-order valence-corrected chi connectivity index (χ1v) is 15.1. The molecule has 4 rings (SSSR count). The molecule has 0 aromatic heterocycles. The van der Waals surface area contributed by atoms with Gasteiger partial charge >= 0.3 is 5.97 Å². The Labute approximate surface area is 259 Å². The molecule has 3 aromatic rings. The largest absolute Gasteiger partial charge is 0.493 e. The van der Waals surface area contributed by atoms with Crippen LogP contribution in [0.2, 0.25) is 0 Å². The number of nitrogens with two attached hydrogens (primary N) is 2. The number of nitriles is 1. The second kappa shape index (κ2) is 16.7. The van der Waals surface area contributed by atoms with Crippen molar-refractivity contribution in [1.29, 1.82) is 5.26 Å². The zero-order valence-corrected chi connectivity index (χ0v) is 25.3. The van der Waals surface area contributed by atoms with E-state index >= 15 is 0 Å². The number of methoxy groups -OCH3 is 1. The summed E-state index contributed by atoms with van der Waals surface area (Å²) in [6.07, 6.45) is 11.6. The molecular formula is C35H41N3O6. The van der Waals surface area contributed by atoms with E-state index in [0.29, 0.717) is 58.7 Å². The summed E-state index contributed by atoms with van der Waals surface area (Å²) in [6.45, 7) is 1.21. The van der Waals surface area contributed by atoms with Gasteiger partial charge in [0.15, 0.2) is 23.0 Å². The fourth-order valence-electron chi connectivity index (χ4n) is 4.97. The lowest BCUT2D eigenvalue weighted by Crippen LogP contribution is -2.07. The van der Waals surface area contributed by atoms with Gasteiger partial charge in [-0.25, -0.2) is 4.79 Å². The molecule has 1 aliphatic heterocycles. The molecule has 44 heavy (non-hydrogen) atoms. The summed E-state index contributed by atoms with van der Waals surface area (Å²) in [7, 11) is 1.61. The van der Waals surface area contributed by atoms with Gasteiger partial charge in [0.25, 0.3) is 0 Å². The van der Waals surface area contributed by atoms with Crippen molar-refractivity contribution in [2.45, 2.75) is 57.8 Å². The maximum Gasteiger partial charge on any atom is 0.338 e. The molecule has 3 aromatic carbocycles. The summed E-state index contributed by atoms with van der Waals surface area (Å²) in [5.74, 6) is 2.25. The lowest BCUT2D eigenvalue weighted by molar-refractivity contribution is 0.0497. The Balaban J connectivity index is 1.07. The van der Waals surface area contributed by atoms with Crippen molar-refractivity contribution < 1.29 is 28.5 Å². The van der Waals surface area contributed by atoms with E-state index < -0.39 is 0 Å². The Hall–Kier alpha value is -4.84. The van der Waals surface area contributed by atoms with Crippen molar-refractivity contribution in [2.24, 2.45) is 0 Å². The highest BCUT2D eigenvalue weighted by molar-refractivity contribution is 5.92. The van der Waals surface area contributed by atoms with Crippen LogP contribution in [0.5, 0.6) is 23.0 Å². The fourth-order valence-corrected chi connectivity index (χ4v) is 4.97. The van der Waals surface area contributed by atoms with Gasteiger partial charge in [-0.05, 0) is 78.6 Å². The minimum Gasteiger partial charge on any atom is -0.493 e. The van der Waals surface area contributed by atoms with Gasteiger partial charge in [-0.2, -0.15) is 5.26 Å². The molecule has 0 saturated carbocycles. The van der Waals surface area contributed by atoms with E-state index in [1.165, 1.54) is 25.7 Å². The monoisotopic (exact) mass is 599 g/mol. The van der Waals surface area contributed by atoms with E-state index in [1.54, 1.807) is 25.3 Å². The van der Waals surface area contributed by atoms with Gasteiger partial charge in [-0.15, -0.1) is 0 Å². The van der Waals surface area contributed by atoms with E-state index in [1.807, 2.05) is 42.5 Å². The molecule has 0 unspecified atom stereocenters. The summed E-state index contributed by atoms with van der Waals surface area (Å²) in [6, 6.07) is 18.2. The number of nitrogen functional groups attached to an aromatic ring is 2. The molecule has 0 fully saturated rings. The molecule has 4 N–H and O–H groups in total. The highest BCUT2D eigenvalue weighted by Gasteiger charge is 2.15. The molecule has 9 nitrogen and oxygen atoms in total. The van der Waals surface area contributed by atoms with E-state index in [0.717, 1.165) is 43.2 Å². The molecule has 0 amide bonds. The minimum atomic E-state index is -0.386. The van der Waals surface area contributed by atoms with Crippen molar-refractivity contribution in [2.75, 3.05) is 38.6 Å². The van der Waals surface area contributed by atoms with Crippen molar-refractivity contribution in [3.63, 3.8) is 0 Å². The summed E-state index contributed by atoms with van der Waals surface area (Å²) in [5.41, 5.74) is 14.9. The fraction of sp³-hybridized carbons (Fsp3) is 0.371. The summed E-state index contributed by atoms with van der Waals surface area (Å²) < 4.78 is 27.7. The molecule has 9 heteroatoms. The third-order valence-corrected chi connectivity index (χ3v) is 7.30. The lowest BCUT2D eigenvalue weighted by atomic mass is 10.0. The van der Waals surface area contributed by atoms with Crippen LogP contribution in [0.3, 0.4) is 0 Å². The highest BCUT2D eigenvalue weighted by Crippen LogP contribution is 2.35. The summed E-state index contributed by atoms with van der Waals surface area (Å²) in [5, 5.41) is 9.74. The van der Waals surface area contributed by atoms with Crippen molar-refractivity contribution in [1.82, 2.24) is 0 Å². The number of carbonyl (C=O) groups is 1. The Kier molecular flexibility index (Phi) is 12.2. The predicted molar refractivity (Wildman–Crippen MR) is 172 cm³/mol. The van der Waals surface area contributed by atoms with Crippen LogP contribution in [0.15, 0.2) is 54.6 Å². The van der Waals surface area contributed by atoms with Gasteiger partial charge in [0.1, 0.15) is 0 Å². The second-order valence-corrected chi connectivity index (χ2v) is 10.7. The quantitative estimate of drug-likeness (QED) is 0.0534. The molecule has 232 valence electrons. The van der Waals surface area contributed by atoms with Gasteiger partial charge in [-0.1, -0.05) is 51.0 Å². The number of nitrogens with zero attached hydrogens (tertiary/aromatic N) is 1. The Morgan fingerprint density at radius 2 is 1.45 bits per heavy atom. The first-order valence-electron chi connectivity index (χ1n) is 15.1. The van der Waals surface area contributed by atoms with Crippen LogP contribution in [-0.4, -0.2) is 33.1 Å². The van der Waals surface area contributed by atoms with Gasteiger partial charge in [0, 0.05) is 11.4 Å². The van der Waals surface area contributed by atoms with Crippen molar-refractivity contribution in [3.05, 3.63) is 71.3 Å². The van der Waals surface area contributed by atoms with E-state index in [9.17, 15) is 10.1 Å². The standard InChI is InChI=1S/C35H41N3O6/c1-40-33-18-25(17-28(23-36)26-12-14-32-34(21-26)44-24-43-32)11-13-31(33)41-15-9-7-5-3-2-4-6-8-10-16-42-35(39)27-19-29(37)22-30(38)20-27/h11-14,17-22H,2-10,15-16,24,37-38H2,1H3/b28-17+. The average molecular weight is 600 g/mol. The van der Waals surface area contributed by atoms with Crippen LogP contribution in [0.25, 0.3) is 11.6 Å². The van der Waals surface area contributed by atoms with E-state index in [2.05, 4.69) is 6.07 Å². The van der Waals surface area contributed by atoms with Crippen LogP contribution >= 0.6 is 0 Å². The molecule has 0 radical (unpaired) electrons. The smallest absolute Gasteiger partial charge is 0.338 e. The molecule has 0 spiro atoms. The number of allylic oxidation sites excluding steroid dienone is 1. The minimum absolute atomic E-state index is 0.191. The third-order valence-electron chi connectivity index (χ3n) is 7.30. The number of rotatable bonds is 17. The van der Waals surface area contributed by atoms with Crippen LogP contribution in [-0.2, 0) is 4.74 Å². The third kappa shape index (κ3) is 9.60. The number of benzene rings is 3. The van der Waals surface area contributed by atoms with Crippen LogP contribution in [0.1, 0.15) is 79.3 Å². The zero-order valence-electron chi connectivity index (χ0n) is 25.3. The number of hydrogen-bond donors (Lipinski definition) is 2. The average Bonchev–Trinajstić information content (AvgIpc) is 3.50. The molecule has 0 atom stereocenters. The maximum atomic E-state index is 12.1. The topological polar surface area (TPSA) is 139 Å². The van der Waals surface area contributed by atoms with Gasteiger partial charge in [0.05, 0.1) is 37.5 Å². The number of hydrogen-bond acceptors (Lipinski definition) is 9. The number of esters is 1. The van der Waals surface area contributed by atoms with Gasteiger partial charge < -0.3 is 35.2 Å². The normalized spacial score (nSPS) is 12.0. The zero-order chi connectivity index (χ0) is 31.1. The highest BCUT2D eigenvalue weighted by atomic mass is 16.7. The van der Waals surface area contributed by atoms with Crippen molar-refractivity contribution >= 4 is 29.0 Å². The molecule has 0 aliphatic carbocycles. The molecule has 1 heterocycles. The van der Waals surface area contributed by atoms with Crippen LogP contribution in [0, 0.1) is 11.3 Å². The molecule has 1 aliphatic rings. The first kappa shape index (κ1) is 32.1. The Morgan fingerprint density at radius 3 is 2.14 bits per heavy atom. The molecule has 0 saturated heterocycles. The Bertz CT molecular complexity index is 1460. The first-order chi connectivity index (χ1) is 21.5.